The Bertz CT molecular complexity index is 495. The first-order chi connectivity index (χ1) is 10.3. The van der Waals surface area contributed by atoms with Crippen LogP contribution >= 0.6 is 0 Å². The zero-order valence-corrected chi connectivity index (χ0v) is 12.8. The summed E-state index contributed by atoms with van der Waals surface area (Å²) in [7, 11) is 0. The summed E-state index contributed by atoms with van der Waals surface area (Å²) < 4.78 is 0. The Morgan fingerprint density at radius 2 is 1.95 bits per heavy atom. The average molecular weight is 284 g/mol. The van der Waals surface area contributed by atoms with Gasteiger partial charge >= 0.3 is 0 Å². The SMILES string of the molecule is CC#CC(=O)NC(CCN1CCCCC1)c1ccccc1. The topological polar surface area (TPSA) is 32.3 Å². The van der Waals surface area contributed by atoms with E-state index in [1.807, 2.05) is 18.2 Å². The van der Waals surface area contributed by atoms with Gasteiger partial charge in [-0.1, -0.05) is 42.7 Å². The fraction of sp³-hybridized carbons (Fsp3) is 0.500. The molecule has 1 aliphatic rings. The van der Waals surface area contributed by atoms with Crippen molar-refractivity contribution in [3.63, 3.8) is 0 Å². The predicted octanol–water partition coefficient (Wildman–Crippen LogP) is 2.74. The molecule has 0 radical (unpaired) electrons. The highest BCUT2D eigenvalue weighted by Crippen LogP contribution is 2.18. The van der Waals surface area contributed by atoms with Crippen molar-refractivity contribution in [1.29, 1.82) is 0 Å². The van der Waals surface area contributed by atoms with Crippen LogP contribution in [0.25, 0.3) is 0 Å². The molecular formula is C18H24N2O. The third kappa shape index (κ3) is 5.24. The first-order valence-corrected chi connectivity index (χ1v) is 7.80. The van der Waals surface area contributed by atoms with Gasteiger partial charge in [0.25, 0.3) is 5.91 Å². The van der Waals surface area contributed by atoms with Crippen molar-refractivity contribution in [2.24, 2.45) is 0 Å². The molecule has 1 amide bonds. The molecule has 1 N–H and O–H groups in total. The zero-order valence-electron chi connectivity index (χ0n) is 12.8. The van der Waals surface area contributed by atoms with E-state index in [0.29, 0.717) is 0 Å². The number of nitrogens with one attached hydrogen (secondary N) is 1. The molecule has 1 fully saturated rings. The molecule has 0 aliphatic carbocycles. The monoisotopic (exact) mass is 284 g/mol. The fourth-order valence-electron chi connectivity index (χ4n) is 2.81. The van der Waals surface area contributed by atoms with E-state index in [1.165, 1.54) is 32.4 Å². The highest BCUT2D eigenvalue weighted by molar-refractivity contribution is 5.93. The number of rotatable bonds is 5. The third-order valence-corrected chi connectivity index (χ3v) is 3.93. The van der Waals surface area contributed by atoms with Gasteiger partial charge in [-0.15, -0.1) is 0 Å². The normalized spacial score (nSPS) is 16.6. The van der Waals surface area contributed by atoms with Crippen LogP contribution in [0.15, 0.2) is 30.3 Å². The van der Waals surface area contributed by atoms with Gasteiger partial charge in [-0.2, -0.15) is 0 Å². The predicted molar refractivity (Wildman–Crippen MR) is 85.7 cm³/mol. The van der Waals surface area contributed by atoms with E-state index in [2.05, 4.69) is 34.2 Å². The Morgan fingerprint density at radius 3 is 2.62 bits per heavy atom. The summed E-state index contributed by atoms with van der Waals surface area (Å²) in [5.41, 5.74) is 1.15. The molecule has 0 aromatic heterocycles. The lowest BCUT2D eigenvalue weighted by Crippen LogP contribution is -2.34. The third-order valence-electron chi connectivity index (χ3n) is 3.93. The number of likely N-dealkylation sites (tertiary alicyclic amines) is 1. The Balaban J connectivity index is 1.97. The Labute approximate surface area is 127 Å². The van der Waals surface area contributed by atoms with Gasteiger partial charge in [0.05, 0.1) is 6.04 Å². The van der Waals surface area contributed by atoms with Crippen molar-refractivity contribution < 1.29 is 4.79 Å². The van der Waals surface area contributed by atoms with Gasteiger partial charge in [-0.25, -0.2) is 0 Å². The van der Waals surface area contributed by atoms with Crippen LogP contribution in [0.2, 0.25) is 0 Å². The molecule has 0 spiro atoms. The number of benzene rings is 1. The second kappa shape index (κ2) is 8.49. The molecular weight excluding hydrogens is 260 g/mol. The number of hydrogen-bond donors (Lipinski definition) is 1. The zero-order chi connectivity index (χ0) is 14.9. The van der Waals surface area contributed by atoms with Crippen LogP contribution in [0.3, 0.4) is 0 Å². The largest absolute Gasteiger partial charge is 0.338 e. The lowest BCUT2D eigenvalue weighted by atomic mass is 10.0. The quantitative estimate of drug-likeness (QED) is 0.843. The van der Waals surface area contributed by atoms with Crippen molar-refractivity contribution in [2.45, 2.75) is 38.6 Å². The van der Waals surface area contributed by atoms with E-state index in [1.54, 1.807) is 6.92 Å². The van der Waals surface area contributed by atoms with E-state index < -0.39 is 0 Å². The number of hydrogen-bond acceptors (Lipinski definition) is 2. The summed E-state index contributed by atoms with van der Waals surface area (Å²) >= 11 is 0. The van der Waals surface area contributed by atoms with Crippen molar-refractivity contribution in [3.8, 4) is 11.8 Å². The molecule has 1 aliphatic heterocycles. The fourth-order valence-corrected chi connectivity index (χ4v) is 2.81. The van der Waals surface area contributed by atoms with E-state index in [-0.39, 0.29) is 11.9 Å². The molecule has 1 heterocycles. The van der Waals surface area contributed by atoms with Crippen LogP contribution < -0.4 is 5.32 Å². The molecule has 3 nitrogen and oxygen atoms in total. The summed E-state index contributed by atoms with van der Waals surface area (Å²) in [4.78, 5) is 14.3. The van der Waals surface area contributed by atoms with Crippen LogP contribution in [0, 0.1) is 11.8 Å². The maximum Gasteiger partial charge on any atom is 0.296 e. The Kier molecular flexibility index (Phi) is 6.30. The first kappa shape index (κ1) is 15.6. The van der Waals surface area contributed by atoms with Gasteiger partial charge in [0.2, 0.25) is 0 Å². The molecule has 21 heavy (non-hydrogen) atoms. The van der Waals surface area contributed by atoms with E-state index >= 15 is 0 Å². The molecule has 0 bridgehead atoms. The van der Waals surface area contributed by atoms with Gasteiger partial charge in [0, 0.05) is 6.54 Å². The molecule has 1 atom stereocenters. The van der Waals surface area contributed by atoms with E-state index in [4.69, 9.17) is 0 Å². The summed E-state index contributed by atoms with van der Waals surface area (Å²) in [6.07, 6.45) is 4.87. The molecule has 0 saturated carbocycles. The second-order valence-electron chi connectivity index (χ2n) is 5.50. The minimum absolute atomic E-state index is 0.0430. The minimum Gasteiger partial charge on any atom is -0.338 e. The van der Waals surface area contributed by atoms with E-state index in [9.17, 15) is 4.79 Å². The van der Waals surface area contributed by atoms with Crippen LogP contribution in [-0.2, 0) is 4.79 Å². The van der Waals surface area contributed by atoms with Crippen LogP contribution in [0.4, 0.5) is 0 Å². The summed E-state index contributed by atoms with van der Waals surface area (Å²) in [6, 6.07) is 10.2. The number of piperidine rings is 1. The van der Waals surface area contributed by atoms with Gasteiger partial charge in [0.1, 0.15) is 0 Å². The number of carbonyl (C=O) groups excluding carboxylic acids is 1. The standard InChI is InChI=1S/C18H24N2O/c1-2-9-18(21)19-17(16-10-5-3-6-11-16)12-15-20-13-7-4-8-14-20/h3,5-6,10-11,17H,4,7-8,12-15H2,1H3,(H,19,21). The van der Waals surface area contributed by atoms with Crippen LogP contribution in [0.5, 0.6) is 0 Å². The smallest absolute Gasteiger partial charge is 0.296 e. The van der Waals surface area contributed by atoms with E-state index in [0.717, 1.165) is 18.5 Å². The Hall–Kier alpha value is -1.79. The summed E-state index contributed by atoms with van der Waals surface area (Å²) in [6.45, 7) is 5.08. The number of amides is 1. The Morgan fingerprint density at radius 1 is 1.24 bits per heavy atom. The maximum absolute atomic E-state index is 11.8. The molecule has 1 aromatic rings. The molecule has 2 rings (SSSR count). The molecule has 1 aromatic carbocycles. The van der Waals surface area contributed by atoms with Gasteiger partial charge in [0.15, 0.2) is 0 Å². The highest BCUT2D eigenvalue weighted by Gasteiger charge is 2.16. The summed E-state index contributed by atoms with van der Waals surface area (Å²) in [5, 5.41) is 3.03. The first-order valence-electron chi connectivity index (χ1n) is 7.80. The van der Waals surface area contributed by atoms with Crippen molar-refractivity contribution in [1.82, 2.24) is 10.2 Å². The maximum atomic E-state index is 11.8. The molecule has 112 valence electrons. The number of nitrogens with zero attached hydrogens (tertiary/aromatic N) is 1. The van der Waals surface area contributed by atoms with Crippen molar-refractivity contribution in [3.05, 3.63) is 35.9 Å². The van der Waals surface area contributed by atoms with Crippen molar-refractivity contribution >= 4 is 5.91 Å². The minimum atomic E-state index is -0.190. The summed E-state index contributed by atoms with van der Waals surface area (Å²) in [5.74, 6) is 5.04. The molecule has 1 unspecified atom stereocenters. The second-order valence-corrected chi connectivity index (χ2v) is 5.50. The van der Waals surface area contributed by atoms with Crippen LogP contribution in [0.1, 0.15) is 44.2 Å². The average Bonchev–Trinajstić information content (AvgIpc) is 2.53. The lowest BCUT2D eigenvalue weighted by Gasteiger charge is -2.28. The molecule has 1 saturated heterocycles. The van der Waals surface area contributed by atoms with Gasteiger partial charge < -0.3 is 10.2 Å². The highest BCUT2D eigenvalue weighted by atomic mass is 16.1. The van der Waals surface area contributed by atoms with Crippen molar-refractivity contribution in [2.75, 3.05) is 19.6 Å². The lowest BCUT2D eigenvalue weighted by molar-refractivity contribution is -0.116. The molecule has 3 heteroatoms. The van der Waals surface area contributed by atoms with Gasteiger partial charge in [-0.3, -0.25) is 4.79 Å². The number of carbonyl (C=O) groups is 1. The van der Waals surface area contributed by atoms with Gasteiger partial charge in [-0.05, 0) is 50.8 Å². The van der Waals surface area contributed by atoms with Crippen LogP contribution in [-0.4, -0.2) is 30.4 Å².